The van der Waals surface area contributed by atoms with Crippen LogP contribution >= 0.6 is 0 Å². The molecule has 3 aromatic rings. The molecular formula is C13H12N6O. The van der Waals surface area contributed by atoms with Crippen LogP contribution in [0.4, 0.5) is 5.69 Å². The summed E-state index contributed by atoms with van der Waals surface area (Å²) in [5.41, 5.74) is 2.14. The van der Waals surface area contributed by atoms with Gasteiger partial charge in [-0.3, -0.25) is 9.89 Å². The maximum Gasteiger partial charge on any atom is 0.258 e. The Balaban J connectivity index is 1.77. The highest BCUT2D eigenvalue weighted by Gasteiger charge is 2.08. The van der Waals surface area contributed by atoms with Gasteiger partial charge in [0.1, 0.15) is 6.33 Å². The number of hydrogen-bond acceptors (Lipinski definition) is 4. The fourth-order valence-electron chi connectivity index (χ4n) is 1.83. The van der Waals surface area contributed by atoms with Crippen molar-refractivity contribution < 1.29 is 4.79 Å². The molecule has 100 valence electrons. The summed E-state index contributed by atoms with van der Waals surface area (Å²) in [7, 11) is 1.88. The molecule has 0 bridgehead atoms. The van der Waals surface area contributed by atoms with Gasteiger partial charge in [0.2, 0.25) is 0 Å². The van der Waals surface area contributed by atoms with Gasteiger partial charge in [0.15, 0.2) is 5.82 Å². The quantitative estimate of drug-likeness (QED) is 0.752. The second kappa shape index (κ2) is 4.96. The van der Waals surface area contributed by atoms with Gasteiger partial charge in [0.05, 0.1) is 11.8 Å². The minimum Gasteiger partial charge on any atom is -0.322 e. The summed E-state index contributed by atoms with van der Waals surface area (Å²) in [4.78, 5) is 11.8. The Morgan fingerprint density at radius 2 is 2.10 bits per heavy atom. The lowest BCUT2D eigenvalue weighted by Crippen LogP contribution is -2.10. The van der Waals surface area contributed by atoms with Crippen molar-refractivity contribution in [1.29, 1.82) is 0 Å². The van der Waals surface area contributed by atoms with Crippen LogP contribution < -0.4 is 5.32 Å². The molecular weight excluding hydrogens is 256 g/mol. The summed E-state index contributed by atoms with van der Waals surface area (Å²) >= 11 is 0. The summed E-state index contributed by atoms with van der Waals surface area (Å²) in [5, 5.41) is 17.0. The molecule has 2 aromatic heterocycles. The molecule has 0 unspecified atom stereocenters. The van der Waals surface area contributed by atoms with Crippen molar-refractivity contribution >= 4 is 11.6 Å². The van der Waals surface area contributed by atoms with Crippen LogP contribution in [0.2, 0.25) is 0 Å². The highest BCUT2D eigenvalue weighted by atomic mass is 16.1. The minimum atomic E-state index is -0.204. The summed E-state index contributed by atoms with van der Waals surface area (Å²) in [6.07, 6.45) is 4.66. The topological polar surface area (TPSA) is 88.5 Å². The lowest BCUT2D eigenvalue weighted by Gasteiger charge is -2.05. The van der Waals surface area contributed by atoms with Gasteiger partial charge in [-0.25, -0.2) is 0 Å². The van der Waals surface area contributed by atoms with Gasteiger partial charge in [-0.2, -0.15) is 5.10 Å². The van der Waals surface area contributed by atoms with E-state index in [0.717, 1.165) is 11.4 Å². The number of amides is 1. The summed E-state index contributed by atoms with van der Waals surface area (Å²) in [6, 6.07) is 7.41. The molecule has 1 amide bonds. The van der Waals surface area contributed by atoms with E-state index in [1.807, 2.05) is 35.9 Å². The summed E-state index contributed by atoms with van der Waals surface area (Å²) in [6.45, 7) is 0. The third-order valence-corrected chi connectivity index (χ3v) is 2.87. The molecule has 0 radical (unpaired) electrons. The number of carbonyl (C=O) groups is 1. The molecule has 7 nitrogen and oxygen atoms in total. The Hall–Kier alpha value is -2.96. The Labute approximate surface area is 114 Å². The number of carbonyl (C=O) groups excluding carboxylic acids is 1. The van der Waals surface area contributed by atoms with E-state index in [0.29, 0.717) is 11.3 Å². The lowest BCUT2D eigenvalue weighted by molar-refractivity contribution is 0.102. The number of nitrogens with one attached hydrogen (secondary N) is 2. The average molecular weight is 268 g/mol. The van der Waals surface area contributed by atoms with Gasteiger partial charge in [-0.15, -0.1) is 10.2 Å². The van der Waals surface area contributed by atoms with Gasteiger partial charge in [-0.1, -0.05) is 0 Å². The fourth-order valence-corrected chi connectivity index (χ4v) is 1.83. The highest BCUT2D eigenvalue weighted by Crippen LogP contribution is 2.18. The van der Waals surface area contributed by atoms with Gasteiger partial charge in [-0.05, 0) is 24.3 Å². The van der Waals surface area contributed by atoms with Crippen molar-refractivity contribution in [2.24, 2.45) is 7.05 Å². The number of aromatic nitrogens is 5. The molecule has 0 atom stereocenters. The number of hydrogen-bond donors (Lipinski definition) is 2. The third kappa shape index (κ3) is 2.28. The first kappa shape index (κ1) is 12.1. The van der Waals surface area contributed by atoms with E-state index in [1.54, 1.807) is 12.5 Å². The van der Waals surface area contributed by atoms with Crippen LogP contribution in [-0.2, 0) is 7.05 Å². The number of aromatic amines is 1. The molecule has 20 heavy (non-hydrogen) atoms. The zero-order valence-corrected chi connectivity index (χ0v) is 10.7. The second-order valence-corrected chi connectivity index (χ2v) is 4.28. The normalized spacial score (nSPS) is 10.4. The molecule has 1 aromatic carbocycles. The van der Waals surface area contributed by atoms with Crippen molar-refractivity contribution in [2.75, 3.05) is 5.32 Å². The molecule has 2 N–H and O–H groups in total. The average Bonchev–Trinajstić information content (AvgIpc) is 3.11. The number of H-pyrrole nitrogens is 1. The molecule has 0 aliphatic rings. The Morgan fingerprint density at radius 3 is 2.70 bits per heavy atom. The number of aryl methyl sites for hydroxylation is 1. The fraction of sp³-hybridized carbons (Fsp3) is 0.0769. The van der Waals surface area contributed by atoms with Crippen LogP contribution in [0.15, 0.2) is 43.0 Å². The van der Waals surface area contributed by atoms with E-state index in [2.05, 4.69) is 25.7 Å². The lowest BCUT2D eigenvalue weighted by atomic mass is 10.2. The van der Waals surface area contributed by atoms with Gasteiger partial charge >= 0.3 is 0 Å². The summed E-state index contributed by atoms with van der Waals surface area (Å²) in [5.74, 6) is 0.572. The zero-order valence-electron chi connectivity index (χ0n) is 10.7. The number of nitrogens with zero attached hydrogens (tertiary/aromatic N) is 4. The molecule has 0 aliphatic carbocycles. The van der Waals surface area contributed by atoms with E-state index in [9.17, 15) is 4.79 Å². The number of rotatable bonds is 3. The molecule has 0 fully saturated rings. The maximum atomic E-state index is 11.8. The molecule has 2 heterocycles. The van der Waals surface area contributed by atoms with Gasteiger partial charge in [0.25, 0.3) is 5.91 Å². The van der Waals surface area contributed by atoms with Crippen molar-refractivity contribution in [1.82, 2.24) is 25.0 Å². The van der Waals surface area contributed by atoms with E-state index >= 15 is 0 Å². The monoisotopic (exact) mass is 268 g/mol. The summed E-state index contributed by atoms with van der Waals surface area (Å²) < 4.78 is 1.83. The molecule has 0 saturated carbocycles. The van der Waals surface area contributed by atoms with Crippen LogP contribution in [0.1, 0.15) is 10.4 Å². The minimum absolute atomic E-state index is 0.204. The standard InChI is InChI=1S/C13H12N6O/c1-19-8-16-18-12(19)9-2-4-11(5-3-9)17-13(20)10-6-14-15-7-10/h2-8H,1H3,(H,14,15)(H,17,20). The van der Waals surface area contributed by atoms with E-state index in [-0.39, 0.29) is 5.91 Å². The highest BCUT2D eigenvalue weighted by molar-refractivity contribution is 6.03. The molecule has 0 spiro atoms. The van der Waals surface area contributed by atoms with Gasteiger partial charge < -0.3 is 9.88 Å². The zero-order chi connectivity index (χ0) is 13.9. The van der Waals surface area contributed by atoms with E-state index in [1.165, 1.54) is 6.20 Å². The van der Waals surface area contributed by atoms with E-state index < -0.39 is 0 Å². The van der Waals surface area contributed by atoms with E-state index in [4.69, 9.17) is 0 Å². The van der Waals surface area contributed by atoms with Crippen LogP contribution in [0.3, 0.4) is 0 Å². The van der Waals surface area contributed by atoms with Crippen molar-refractivity contribution in [2.45, 2.75) is 0 Å². The largest absolute Gasteiger partial charge is 0.322 e. The second-order valence-electron chi connectivity index (χ2n) is 4.28. The third-order valence-electron chi connectivity index (χ3n) is 2.87. The Bertz CT molecular complexity index is 714. The predicted molar refractivity (Wildman–Crippen MR) is 73.0 cm³/mol. The first-order valence-electron chi connectivity index (χ1n) is 5.98. The smallest absolute Gasteiger partial charge is 0.258 e. The van der Waals surface area contributed by atoms with Crippen LogP contribution in [-0.4, -0.2) is 30.9 Å². The number of benzene rings is 1. The molecule has 7 heteroatoms. The molecule has 0 saturated heterocycles. The Kier molecular flexibility index (Phi) is 3.00. The maximum absolute atomic E-state index is 11.8. The van der Waals surface area contributed by atoms with Gasteiger partial charge in [0, 0.05) is 24.5 Å². The predicted octanol–water partition coefficient (Wildman–Crippen LogP) is 1.46. The van der Waals surface area contributed by atoms with Crippen LogP contribution in [0.5, 0.6) is 0 Å². The number of anilines is 1. The first-order chi connectivity index (χ1) is 9.74. The van der Waals surface area contributed by atoms with Crippen molar-refractivity contribution in [3.63, 3.8) is 0 Å². The molecule has 0 aliphatic heterocycles. The molecule has 3 rings (SSSR count). The van der Waals surface area contributed by atoms with Crippen molar-refractivity contribution in [3.8, 4) is 11.4 Å². The van der Waals surface area contributed by atoms with Crippen LogP contribution in [0, 0.1) is 0 Å². The SMILES string of the molecule is Cn1cnnc1-c1ccc(NC(=O)c2cn[nH]c2)cc1. The van der Waals surface area contributed by atoms with Crippen LogP contribution in [0.25, 0.3) is 11.4 Å². The Morgan fingerprint density at radius 1 is 1.30 bits per heavy atom. The van der Waals surface area contributed by atoms with Crippen molar-refractivity contribution in [3.05, 3.63) is 48.5 Å². The first-order valence-corrected chi connectivity index (χ1v) is 5.98.